The maximum Gasteiger partial charge on any atom is 0.252 e. The number of hydrogen-bond acceptors (Lipinski definition) is 4. The molecule has 0 atom stereocenters. The first-order chi connectivity index (χ1) is 11.9. The minimum atomic E-state index is -3.48. The number of halogens is 1. The molecule has 0 spiro atoms. The molecule has 1 fully saturated rings. The molecule has 25 heavy (non-hydrogen) atoms. The van der Waals surface area contributed by atoms with Crippen molar-refractivity contribution in [3.05, 3.63) is 47.1 Å². The Kier molecular flexibility index (Phi) is 5.21. The molecule has 134 valence electrons. The van der Waals surface area contributed by atoms with E-state index < -0.39 is 15.8 Å². The molecule has 0 radical (unpaired) electrons. The summed E-state index contributed by atoms with van der Waals surface area (Å²) in [7, 11) is -3.48. The van der Waals surface area contributed by atoms with E-state index in [0.29, 0.717) is 35.8 Å². The molecule has 1 aromatic heterocycles. The Bertz CT molecular complexity index is 872. The Balaban J connectivity index is 1.61. The van der Waals surface area contributed by atoms with Crippen molar-refractivity contribution in [1.29, 1.82) is 0 Å². The summed E-state index contributed by atoms with van der Waals surface area (Å²) in [5, 5.41) is 2.70. The van der Waals surface area contributed by atoms with Gasteiger partial charge in [-0.25, -0.2) is 12.8 Å². The van der Waals surface area contributed by atoms with Crippen LogP contribution in [0.4, 0.5) is 10.1 Å². The zero-order valence-electron chi connectivity index (χ0n) is 13.7. The van der Waals surface area contributed by atoms with Crippen LogP contribution in [0, 0.1) is 18.7 Å². The zero-order chi connectivity index (χ0) is 18.0. The van der Waals surface area contributed by atoms with Crippen LogP contribution < -0.4 is 5.32 Å². The van der Waals surface area contributed by atoms with Gasteiger partial charge in [0.15, 0.2) is 0 Å². The standard InChI is InChI=1S/C17H19FN2O3S2/c1-12-5-6-16(24-12)25(22,23)20-9-7-13(8-10-20)17(21)19-15-4-2-3-14(18)11-15/h2-6,11,13H,7-10H2,1H3,(H,19,21). The number of nitrogens with zero attached hydrogens (tertiary/aromatic N) is 1. The van der Waals surface area contributed by atoms with Gasteiger partial charge in [-0.05, 0) is 50.1 Å². The number of sulfonamides is 1. The molecule has 1 saturated heterocycles. The number of benzene rings is 1. The SMILES string of the molecule is Cc1ccc(S(=O)(=O)N2CCC(C(=O)Nc3cccc(F)c3)CC2)s1. The molecule has 0 saturated carbocycles. The average Bonchev–Trinajstić information content (AvgIpc) is 3.02. The lowest BCUT2D eigenvalue weighted by Gasteiger charge is -2.30. The summed E-state index contributed by atoms with van der Waals surface area (Å²) in [6.45, 7) is 2.48. The number of carbonyl (C=O) groups excluding carboxylic acids is 1. The van der Waals surface area contributed by atoms with Gasteiger partial charge in [-0.2, -0.15) is 4.31 Å². The van der Waals surface area contributed by atoms with Crippen molar-refractivity contribution in [3.8, 4) is 0 Å². The molecule has 1 aromatic carbocycles. The Morgan fingerprint density at radius 1 is 1.24 bits per heavy atom. The summed E-state index contributed by atoms with van der Waals surface area (Å²) >= 11 is 1.25. The fourth-order valence-electron chi connectivity index (χ4n) is 2.85. The molecule has 1 aliphatic rings. The van der Waals surface area contributed by atoms with Crippen LogP contribution in [-0.2, 0) is 14.8 Å². The molecule has 1 amide bonds. The third kappa shape index (κ3) is 4.08. The van der Waals surface area contributed by atoms with Crippen molar-refractivity contribution in [2.45, 2.75) is 24.0 Å². The highest BCUT2D eigenvalue weighted by Crippen LogP contribution is 2.28. The maximum absolute atomic E-state index is 13.2. The third-order valence-corrected chi connectivity index (χ3v) is 7.59. The first-order valence-corrected chi connectivity index (χ1v) is 10.2. The average molecular weight is 382 g/mol. The molecule has 0 aliphatic carbocycles. The van der Waals surface area contributed by atoms with Gasteiger partial charge in [0, 0.05) is 29.6 Å². The van der Waals surface area contributed by atoms with E-state index in [1.165, 1.54) is 33.8 Å². The van der Waals surface area contributed by atoms with Crippen LogP contribution in [-0.4, -0.2) is 31.7 Å². The van der Waals surface area contributed by atoms with Gasteiger partial charge in [0.2, 0.25) is 5.91 Å². The van der Waals surface area contributed by atoms with Gasteiger partial charge in [0.1, 0.15) is 10.0 Å². The Hall–Kier alpha value is -1.77. The summed E-state index contributed by atoms with van der Waals surface area (Å²) in [4.78, 5) is 13.3. The number of amides is 1. The van der Waals surface area contributed by atoms with E-state index in [1.54, 1.807) is 18.2 Å². The first-order valence-electron chi connectivity index (χ1n) is 7.99. The second kappa shape index (κ2) is 7.23. The lowest BCUT2D eigenvalue weighted by Crippen LogP contribution is -2.41. The van der Waals surface area contributed by atoms with E-state index in [2.05, 4.69) is 5.32 Å². The van der Waals surface area contributed by atoms with Gasteiger partial charge >= 0.3 is 0 Å². The molecule has 0 unspecified atom stereocenters. The van der Waals surface area contributed by atoms with Crippen LogP contribution in [0.15, 0.2) is 40.6 Å². The van der Waals surface area contributed by atoms with Gasteiger partial charge < -0.3 is 5.32 Å². The minimum absolute atomic E-state index is 0.199. The van der Waals surface area contributed by atoms with Gasteiger partial charge in [0.25, 0.3) is 10.0 Å². The van der Waals surface area contributed by atoms with Gasteiger partial charge in [-0.15, -0.1) is 11.3 Å². The number of hydrogen-bond donors (Lipinski definition) is 1. The molecule has 8 heteroatoms. The van der Waals surface area contributed by atoms with Crippen molar-refractivity contribution >= 4 is 33.0 Å². The fourth-order valence-corrected chi connectivity index (χ4v) is 5.75. The summed E-state index contributed by atoms with van der Waals surface area (Å²) in [6, 6.07) is 9.14. The highest BCUT2D eigenvalue weighted by Gasteiger charge is 2.32. The highest BCUT2D eigenvalue weighted by molar-refractivity contribution is 7.91. The number of nitrogens with one attached hydrogen (secondary N) is 1. The minimum Gasteiger partial charge on any atom is -0.326 e. The number of piperidine rings is 1. The number of thiophene rings is 1. The number of anilines is 1. The van der Waals surface area contributed by atoms with Crippen molar-refractivity contribution in [1.82, 2.24) is 4.31 Å². The van der Waals surface area contributed by atoms with E-state index in [4.69, 9.17) is 0 Å². The van der Waals surface area contributed by atoms with E-state index in [-0.39, 0.29) is 11.8 Å². The smallest absolute Gasteiger partial charge is 0.252 e. The predicted molar refractivity (Wildman–Crippen MR) is 95.6 cm³/mol. The fraction of sp³-hybridized carbons (Fsp3) is 0.353. The van der Waals surface area contributed by atoms with E-state index in [0.717, 1.165) is 4.88 Å². The summed E-state index contributed by atoms with van der Waals surface area (Å²) < 4.78 is 40.2. The molecule has 2 aromatic rings. The van der Waals surface area contributed by atoms with E-state index in [9.17, 15) is 17.6 Å². The molecule has 1 aliphatic heterocycles. The second-order valence-electron chi connectivity index (χ2n) is 6.04. The van der Waals surface area contributed by atoms with Crippen molar-refractivity contribution in [2.24, 2.45) is 5.92 Å². The second-order valence-corrected chi connectivity index (χ2v) is 9.50. The Morgan fingerprint density at radius 2 is 1.96 bits per heavy atom. The summed E-state index contributed by atoms with van der Waals surface area (Å²) in [5.74, 6) is -0.889. The van der Waals surface area contributed by atoms with Gasteiger partial charge in [-0.3, -0.25) is 4.79 Å². The van der Waals surface area contributed by atoms with Crippen LogP contribution in [0.5, 0.6) is 0 Å². The predicted octanol–water partition coefficient (Wildman–Crippen LogP) is 3.24. The van der Waals surface area contributed by atoms with E-state index in [1.807, 2.05) is 6.92 Å². The molecule has 3 rings (SSSR count). The van der Waals surface area contributed by atoms with Crippen LogP contribution in [0.25, 0.3) is 0 Å². The van der Waals surface area contributed by atoms with Crippen molar-refractivity contribution in [3.63, 3.8) is 0 Å². The zero-order valence-corrected chi connectivity index (χ0v) is 15.4. The quantitative estimate of drug-likeness (QED) is 0.883. The van der Waals surface area contributed by atoms with Crippen LogP contribution >= 0.6 is 11.3 Å². The highest BCUT2D eigenvalue weighted by atomic mass is 32.2. The lowest BCUT2D eigenvalue weighted by molar-refractivity contribution is -0.120. The number of carbonyl (C=O) groups is 1. The van der Waals surface area contributed by atoms with E-state index >= 15 is 0 Å². The Labute approximate surface area is 150 Å². The third-order valence-electron chi connectivity index (χ3n) is 4.23. The first kappa shape index (κ1) is 18.0. The summed E-state index contributed by atoms with van der Waals surface area (Å²) in [5.41, 5.74) is 0.411. The maximum atomic E-state index is 13.2. The number of aryl methyl sites for hydroxylation is 1. The van der Waals surface area contributed by atoms with Crippen LogP contribution in [0.2, 0.25) is 0 Å². The van der Waals surface area contributed by atoms with Crippen molar-refractivity contribution in [2.75, 3.05) is 18.4 Å². The molecule has 2 heterocycles. The Morgan fingerprint density at radius 3 is 2.56 bits per heavy atom. The normalized spacial score (nSPS) is 16.7. The largest absolute Gasteiger partial charge is 0.326 e. The molecule has 5 nitrogen and oxygen atoms in total. The molecule has 0 bridgehead atoms. The van der Waals surface area contributed by atoms with Gasteiger partial charge in [-0.1, -0.05) is 6.07 Å². The topological polar surface area (TPSA) is 66.5 Å². The van der Waals surface area contributed by atoms with Crippen molar-refractivity contribution < 1.29 is 17.6 Å². The number of rotatable bonds is 4. The lowest BCUT2D eigenvalue weighted by atomic mass is 9.97. The monoisotopic (exact) mass is 382 g/mol. The summed E-state index contributed by atoms with van der Waals surface area (Å²) in [6.07, 6.45) is 0.898. The molecule has 1 N–H and O–H groups in total. The molecular weight excluding hydrogens is 363 g/mol. The van der Waals surface area contributed by atoms with Crippen LogP contribution in [0.3, 0.4) is 0 Å². The van der Waals surface area contributed by atoms with Crippen LogP contribution in [0.1, 0.15) is 17.7 Å². The van der Waals surface area contributed by atoms with Gasteiger partial charge in [0.05, 0.1) is 0 Å². The molecular formula is C17H19FN2O3S2.